The van der Waals surface area contributed by atoms with Gasteiger partial charge in [0.2, 0.25) is 0 Å². The molecule has 0 saturated carbocycles. The van der Waals surface area contributed by atoms with Gasteiger partial charge in [-0.1, -0.05) is 26.8 Å². The molecule has 0 amide bonds. The Morgan fingerprint density at radius 2 is 1.93 bits per heavy atom. The summed E-state index contributed by atoms with van der Waals surface area (Å²) in [5, 5.41) is 0. The predicted molar refractivity (Wildman–Crippen MR) is 59.0 cm³/mol. The fourth-order valence-electron chi connectivity index (χ4n) is 2.11. The maximum Gasteiger partial charge on any atom is 0.123 e. The topological polar surface area (TPSA) is 0 Å². The number of hydrogen-bond acceptors (Lipinski definition) is 0. The second kappa shape index (κ2) is 4.59. The van der Waals surface area contributed by atoms with Gasteiger partial charge in [0.15, 0.2) is 0 Å². The van der Waals surface area contributed by atoms with Crippen LogP contribution >= 0.6 is 0 Å². The van der Waals surface area contributed by atoms with Crippen molar-refractivity contribution in [3.63, 3.8) is 0 Å². The van der Waals surface area contributed by atoms with Crippen molar-refractivity contribution in [3.05, 3.63) is 35.1 Å². The number of halogens is 1. The van der Waals surface area contributed by atoms with Gasteiger partial charge in [-0.05, 0) is 48.4 Å². The quantitative estimate of drug-likeness (QED) is 0.673. The molecule has 0 spiro atoms. The molecule has 0 aliphatic heterocycles. The Morgan fingerprint density at radius 3 is 2.36 bits per heavy atom. The van der Waals surface area contributed by atoms with E-state index in [0.29, 0.717) is 11.8 Å². The molecule has 1 aromatic rings. The number of hydrogen-bond donors (Lipinski definition) is 0. The van der Waals surface area contributed by atoms with Crippen molar-refractivity contribution in [3.8, 4) is 0 Å². The monoisotopic (exact) mass is 194 g/mol. The molecule has 1 rings (SSSR count). The van der Waals surface area contributed by atoms with Gasteiger partial charge in [-0.3, -0.25) is 0 Å². The molecule has 0 aliphatic rings. The van der Waals surface area contributed by atoms with Crippen LogP contribution in [0.4, 0.5) is 4.39 Å². The van der Waals surface area contributed by atoms with Crippen LogP contribution in [0, 0.1) is 18.7 Å². The van der Waals surface area contributed by atoms with Crippen LogP contribution in [-0.2, 0) is 0 Å². The highest BCUT2D eigenvalue weighted by Gasteiger charge is 2.15. The molecule has 0 bridgehead atoms. The highest BCUT2D eigenvalue weighted by atomic mass is 19.1. The average molecular weight is 194 g/mol. The zero-order valence-corrected chi connectivity index (χ0v) is 9.47. The molecule has 14 heavy (non-hydrogen) atoms. The van der Waals surface area contributed by atoms with E-state index >= 15 is 0 Å². The van der Waals surface area contributed by atoms with Gasteiger partial charge < -0.3 is 0 Å². The van der Waals surface area contributed by atoms with Gasteiger partial charge in [0.25, 0.3) is 0 Å². The van der Waals surface area contributed by atoms with Crippen molar-refractivity contribution in [2.24, 2.45) is 5.92 Å². The average Bonchev–Trinajstić information content (AvgIpc) is 2.09. The third kappa shape index (κ3) is 2.34. The van der Waals surface area contributed by atoms with Gasteiger partial charge in [-0.15, -0.1) is 0 Å². The molecule has 0 nitrogen and oxygen atoms in total. The SMILES string of the molecule is CC[C@H](c1ccc(F)cc1C)C(C)C. The maximum absolute atomic E-state index is 12.9. The zero-order valence-electron chi connectivity index (χ0n) is 9.47. The molecule has 78 valence electrons. The van der Waals surface area contributed by atoms with Crippen LogP contribution in [0.5, 0.6) is 0 Å². The van der Waals surface area contributed by atoms with E-state index in [0.717, 1.165) is 12.0 Å². The van der Waals surface area contributed by atoms with Crippen molar-refractivity contribution >= 4 is 0 Å². The van der Waals surface area contributed by atoms with Crippen LogP contribution in [0.25, 0.3) is 0 Å². The molecule has 1 aromatic carbocycles. The summed E-state index contributed by atoms with van der Waals surface area (Å²) in [6, 6.07) is 5.12. The Kier molecular flexibility index (Phi) is 3.68. The van der Waals surface area contributed by atoms with E-state index in [1.807, 2.05) is 13.0 Å². The van der Waals surface area contributed by atoms with Crippen molar-refractivity contribution in [1.82, 2.24) is 0 Å². The van der Waals surface area contributed by atoms with E-state index < -0.39 is 0 Å². The Labute approximate surface area is 86.2 Å². The molecule has 0 aliphatic carbocycles. The van der Waals surface area contributed by atoms with Crippen molar-refractivity contribution in [2.75, 3.05) is 0 Å². The van der Waals surface area contributed by atoms with E-state index in [2.05, 4.69) is 20.8 Å². The lowest BCUT2D eigenvalue weighted by atomic mass is 9.84. The minimum Gasteiger partial charge on any atom is -0.207 e. The van der Waals surface area contributed by atoms with Crippen LogP contribution in [0.1, 0.15) is 44.2 Å². The van der Waals surface area contributed by atoms with Gasteiger partial charge in [0.1, 0.15) is 5.82 Å². The molecule has 0 unspecified atom stereocenters. The van der Waals surface area contributed by atoms with Crippen molar-refractivity contribution < 1.29 is 4.39 Å². The third-order valence-corrected chi connectivity index (χ3v) is 2.88. The molecule has 0 heterocycles. The summed E-state index contributed by atoms with van der Waals surface area (Å²) in [5.74, 6) is 1.03. The van der Waals surface area contributed by atoms with E-state index in [-0.39, 0.29) is 5.82 Å². The number of rotatable bonds is 3. The summed E-state index contributed by atoms with van der Waals surface area (Å²) < 4.78 is 12.9. The number of benzene rings is 1. The molecular formula is C13H19F. The van der Waals surface area contributed by atoms with Crippen LogP contribution in [0.15, 0.2) is 18.2 Å². The molecule has 0 fully saturated rings. The zero-order chi connectivity index (χ0) is 10.7. The standard InChI is InChI=1S/C13H19F/c1-5-12(9(2)3)13-7-6-11(14)8-10(13)4/h6-9,12H,5H2,1-4H3/t12-/m0/s1. The van der Waals surface area contributed by atoms with E-state index in [1.54, 1.807) is 12.1 Å². The Hall–Kier alpha value is -0.850. The minimum atomic E-state index is -0.134. The molecular weight excluding hydrogens is 175 g/mol. The van der Waals surface area contributed by atoms with Crippen molar-refractivity contribution in [2.45, 2.75) is 40.0 Å². The smallest absolute Gasteiger partial charge is 0.123 e. The second-order valence-corrected chi connectivity index (χ2v) is 4.26. The van der Waals surface area contributed by atoms with Gasteiger partial charge in [-0.2, -0.15) is 0 Å². The second-order valence-electron chi connectivity index (χ2n) is 4.26. The Balaban J connectivity index is 3.04. The lowest BCUT2D eigenvalue weighted by molar-refractivity contribution is 0.482. The highest BCUT2D eigenvalue weighted by molar-refractivity contribution is 5.30. The first-order chi connectivity index (χ1) is 6.56. The summed E-state index contributed by atoms with van der Waals surface area (Å²) in [5.41, 5.74) is 2.37. The highest BCUT2D eigenvalue weighted by Crippen LogP contribution is 2.30. The summed E-state index contributed by atoms with van der Waals surface area (Å²) in [4.78, 5) is 0. The van der Waals surface area contributed by atoms with Gasteiger partial charge in [-0.25, -0.2) is 4.39 Å². The summed E-state index contributed by atoms with van der Waals surface area (Å²) >= 11 is 0. The lowest BCUT2D eigenvalue weighted by Gasteiger charge is -2.21. The lowest BCUT2D eigenvalue weighted by Crippen LogP contribution is -2.07. The van der Waals surface area contributed by atoms with Gasteiger partial charge in [0, 0.05) is 0 Å². The molecule has 1 atom stereocenters. The molecule has 0 saturated heterocycles. The fourth-order valence-corrected chi connectivity index (χ4v) is 2.11. The first-order valence-electron chi connectivity index (χ1n) is 5.32. The van der Waals surface area contributed by atoms with Crippen LogP contribution in [0.2, 0.25) is 0 Å². The van der Waals surface area contributed by atoms with Gasteiger partial charge >= 0.3 is 0 Å². The normalized spacial score (nSPS) is 13.3. The molecule has 0 radical (unpaired) electrons. The largest absolute Gasteiger partial charge is 0.207 e. The van der Waals surface area contributed by atoms with Gasteiger partial charge in [0.05, 0.1) is 0 Å². The van der Waals surface area contributed by atoms with Crippen LogP contribution in [0.3, 0.4) is 0 Å². The first kappa shape index (κ1) is 11.2. The van der Waals surface area contributed by atoms with E-state index in [9.17, 15) is 4.39 Å². The summed E-state index contributed by atoms with van der Waals surface area (Å²) in [6.07, 6.45) is 1.12. The third-order valence-electron chi connectivity index (χ3n) is 2.88. The Morgan fingerprint density at radius 1 is 1.29 bits per heavy atom. The van der Waals surface area contributed by atoms with Crippen LogP contribution in [-0.4, -0.2) is 0 Å². The fraction of sp³-hybridized carbons (Fsp3) is 0.538. The number of aryl methyl sites for hydroxylation is 1. The molecule has 1 heteroatoms. The summed E-state index contributed by atoms with van der Waals surface area (Å²) in [7, 11) is 0. The first-order valence-corrected chi connectivity index (χ1v) is 5.32. The maximum atomic E-state index is 12.9. The summed E-state index contributed by atoms with van der Waals surface area (Å²) in [6.45, 7) is 8.62. The Bertz CT molecular complexity index is 302. The molecule has 0 aromatic heterocycles. The predicted octanol–water partition coefficient (Wildman–Crippen LogP) is 4.28. The van der Waals surface area contributed by atoms with Crippen molar-refractivity contribution in [1.29, 1.82) is 0 Å². The van der Waals surface area contributed by atoms with E-state index in [1.165, 1.54) is 5.56 Å². The van der Waals surface area contributed by atoms with E-state index in [4.69, 9.17) is 0 Å². The minimum absolute atomic E-state index is 0.134. The van der Waals surface area contributed by atoms with Crippen LogP contribution < -0.4 is 0 Å². The molecule has 0 N–H and O–H groups in total.